The number of carbonyl (C=O) groups is 2. The topological polar surface area (TPSA) is 61.4 Å². The monoisotopic (exact) mass is 453 g/mol. The summed E-state index contributed by atoms with van der Waals surface area (Å²) in [6.45, 7) is 4.35. The van der Waals surface area contributed by atoms with Gasteiger partial charge >= 0.3 is 0 Å². The quantitative estimate of drug-likeness (QED) is 0.694. The van der Waals surface area contributed by atoms with Crippen molar-refractivity contribution in [1.29, 1.82) is 0 Å². The van der Waals surface area contributed by atoms with Gasteiger partial charge in [-0.2, -0.15) is 0 Å². The first-order chi connectivity index (χ1) is 16.0. The molecule has 0 aromatic heterocycles. The van der Waals surface area contributed by atoms with Crippen LogP contribution in [0.25, 0.3) is 0 Å². The number of allylic oxidation sites excluding steroid dienone is 1. The number of fused-ring (bicyclic) bond motifs is 1. The number of amides is 2. The number of piperidine rings is 1. The summed E-state index contributed by atoms with van der Waals surface area (Å²) in [6.07, 6.45) is 9.95. The van der Waals surface area contributed by atoms with Gasteiger partial charge in [-0.1, -0.05) is 31.6 Å². The number of hydrogen-bond donors (Lipinski definition) is 2. The lowest BCUT2D eigenvalue weighted by Crippen LogP contribution is -2.49. The maximum Gasteiger partial charge on any atom is 0.255 e. The molecule has 0 bridgehead atoms. The lowest BCUT2D eigenvalue weighted by atomic mass is 9.79. The number of halogens is 1. The van der Waals surface area contributed by atoms with E-state index >= 15 is 0 Å². The number of alkyl halides is 1. The van der Waals surface area contributed by atoms with Gasteiger partial charge in [-0.25, -0.2) is 4.39 Å². The third-order valence-corrected chi connectivity index (χ3v) is 8.21. The van der Waals surface area contributed by atoms with E-state index in [0.717, 1.165) is 36.1 Å². The molecule has 1 unspecified atom stereocenters. The molecule has 1 aromatic rings. The molecule has 33 heavy (non-hydrogen) atoms. The molecule has 1 aromatic carbocycles. The zero-order valence-electron chi connectivity index (χ0n) is 19.5. The van der Waals surface area contributed by atoms with Crippen molar-refractivity contribution >= 4 is 11.8 Å². The van der Waals surface area contributed by atoms with Gasteiger partial charge in [0.1, 0.15) is 12.2 Å². The van der Waals surface area contributed by atoms with Gasteiger partial charge in [-0.15, -0.1) is 0 Å². The predicted molar refractivity (Wildman–Crippen MR) is 126 cm³/mol. The fourth-order valence-corrected chi connectivity index (χ4v) is 6.33. The van der Waals surface area contributed by atoms with E-state index in [1.807, 2.05) is 6.07 Å². The van der Waals surface area contributed by atoms with Crippen molar-refractivity contribution < 1.29 is 14.0 Å². The third-order valence-electron chi connectivity index (χ3n) is 8.21. The maximum absolute atomic E-state index is 13.5. The molecule has 4 aliphatic rings. The molecule has 2 aliphatic heterocycles. The molecule has 5 nitrogen and oxygen atoms in total. The number of nitrogens with zero attached hydrogens (tertiary/aromatic N) is 1. The van der Waals surface area contributed by atoms with Gasteiger partial charge in [0.25, 0.3) is 5.91 Å². The molecule has 3 fully saturated rings. The molecule has 1 saturated heterocycles. The molecule has 6 heteroatoms. The minimum Gasteiger partial charge on any atom is -0.329 e. The van der Waals surface area contributed by atoms with Crippen LogP contribution in [-0.2, 0) is 17.8 Å². The summed E-state index contributed by atoms with van der Waals surface area (Å²) >= 11 is 0. The number of rotatable bonds is 5. The van der Waals surface area contributed by atoms with Gasteiger partial charge in [0.05, 0.1) is 0 Å². The first kappa shape index (κ1) is 22.6. The van der Waals surface area contributed by atoms with Gasteiger partial charge in [0.2, 0.25) is 5.91 Å². The van der Waals surface area contributed by atoms with Crippen LogP contribution in [0.2, 0.25) is 0 Å². The first-order valence-corrected chi connectivity index (χ1v) is 12.8. The Labute approximate surface area is 196 Å². The molecule has 3 atom stereocenters. The number of benzene rings is 1. The van der Waals surface area contributed by atoms with Crippen LogP contribution in [0.1, 0.15) is 85.7 Å². The summed E-state index contributed by atoms with van der Waals surface area (Å²) in [5.74, 6) is 0.415. The Morgan fingerprint density at radius 2 is 1.85 bits per heavy atom. The lowest BCUT2D eigenvalue weighted by Gasteiger charge is -2.37. The van der Waals surface area contributed by atoms with Crippen molar-refractivity contribution in [3.8, 4) is 0 Å². The van der Waals surface area contributed by atoms with E-state index in [-0.39, 0.29) is 11.8 Å². The summed E-state index contributed by atoms with van der Waals surface area (Å²) in [7, 11) is 0. The van der Waals surface area contributed by atoms with Crippen molar-refractivity contribution in [2.24, 2.45) is 5.92 Å². The Morgan fingerprint density at radius 3 is 2.64 bits per heavy atom. The van der Waals surface area contributed by atoms with Crippen LogP contribution in [0.3, 0.4) is 0 Å². The predicted octanol–water partition coefficient (Wildman–Crippen LogP) is 4.41. The molecule has 178 valence electrons. The minimum absolute atomic E-state index is 0.0371. The van der Waals surface area contributed by atoms with E-state index in [2.05, 4.69) is 29.3 Å². The summed E-state index contributed by atoms with van der Waals surface area (Å²) < 4.78 is 13.5. The minimum atomic E-state index is -0.614. The second kappa shape index (κ2) is 9.57. The summed E-state index contributed by atoms with van der Waals surface area (Å²) in [6, 6.07) is 6.78. The average molecular weight is 454 g/mol. The van der Waals surface area contributed by atoms with E-state index in [0.29, 0.717) is 50.2 Å². The van der Waals surface area contributed by atoms with Crippen molar-refractivity contribution in [2.45, 2.75) is 101 Å². The van der Waals surface area contributed by atoms with Crippen molar-refractivity contribution in [3.63, 3.8) is 0 Å². The van der Waals surface area contributed by atoms with Crippen LogP contribution in [-0.4, -0.2) is 41.0 Å². The van der Waals surface area contributed by atoms with Gasteiger partial charge in [-0.3, -0.25) is 9.59 Å². The molecule has 2 amide bonds. The molecule has 2 saturated carbocycles. The van der Waals surface area contributed by atoms with Crippen LogP contribution in [0.15, 0.2) is 30.5 Å². The van der Waals surface area contributed by atoms with Crippen molar-refractivity contribution in [2.75, 3.05) is 0 Å². The van der Waals surface area contributed by atoms with Crippen LogP contribution in [0.4, 0.5) is 4.39 Å². The van der Waals surface area contributed by atoms with E-state index in [9.17, 15) is 14.0 Å². The second-order valence-electron chi connectivity index (χ2n) is 10.5. The van der Waals surface area contributed by atoms with E-state index in [1.54, 1.807) is 4.90 Å². The Hall–Kier alpha value is -2.21. The fourth-order valence-electron chi connectivity index (χ4n) is 6.33. The molecule has 2 heterocycles. The molecule has 5 rings (SSSR count). The highest BCUT2D eigenvalue weighted by Gasteiger charge is 2.38. The summed E-state index contributed by atoms with van der Waals surface area (Å²) in [4.78, 5) is 27.2. The number of carbonyl (C=O) groups excluding carboxylic acids is 2. The SMILES string of the molecule is C=C1CCC(N2Cc3cc(C[C@H]4CCCC[C@@H]4N[C@H]4CC[C@H](F)CC4)ccc3C2=O)C(=O)N1. The smallest absolute Gasteiger partial charge is 0.255 e. The average Bonchev–Trinajstić information content (AvgIpc) is 3.12. The second-order valence-corrected chi connectivity index (χ2v) is 10.5. The largest absolute Gasteiger partial charge is 0.329 e. The molecule has 0 spiro atoms. The van der Waals surface area contributed by atoms with Crippen molar-refractivity contribution in [1.82, 2.24) is 15.5 Å². The summed E-state index contributed by atoms with van der Waals surface area (Å²) in [5, 5.41) is 6.69. The van der Waals surface area contributed by atoms with Crippen LogP contribution in [0, 0.1) is 5.92 Å². The van der Waals surface area contributed by atoms with Crippen LogP contribution < -0.4 is 10.6 Å². The van der Waals surface area contributed by atoms with Gasteiger partial charge in [-0.05, 0) is 80.9 Å². The van der Waals surface area contributed by atoms with Crippen molar-refractivity contribution in [3.05, 3.63) is 47.2 Å². The molecular weight excluding hydrogens is 417 g/mol. The fraction of sp³-hybridized carbons (Fsp3) is 0.630. The molecule has 2 N–H and O–H groups in total. The molecule has 2 aliphatic carbocycles. The van der Waals surface area contributed by atoms with Gasteiger partial charge in [0.15, 0.2) is 0 Å². The maximum atomic E-state index is 13.5. The standard InChI is InChI=1S/C27H36FN3O2/c1-17-6-13-25(26(32)29-17)31-16-20-15-18(7-12-23(20)27(31)33)14-19-4-2-3-5-24(19)30-22-10-8-21(28)9-11-22/h7,12,15,19,21-22,24-25,30H,1-6,8-11,13-14,16H2,(H,29,32)/t19-,21-,22-,24+,25?/m1/s1. The Kier molecular flexibility index (Phi) is 6.55. The molecule has 0 radical (unpaired) electrons. The zero-order chi connectivity index (χ0) is 22.9. The highest BCUT2D eigenvalue weighted by atomic mass is 19.1. The Morgan fingerprint density at radius 1 is 1.06 bits per heavy atom. The van der Waals surface area contributed by atoms with E-state index < -0.39 is 12.2 Å². The third kappa shape index (κ3) is 4.86. The lowest BCUT2D eigenvalue weighted by molar-refractivity contribution is -0.126. The first-order valence-electron chi connectivity index (χ1n) is 12.8. The van der Waals surface area contributed by atoms with E-state index in [1.165, 1.54) is 31.2 Å². The van der Waals surface area contributed by atoms with Crippen LogP contribution >= 0.6 is 0 Å². The van der Waals surface area contributed by atoms with Gasteiger partial charge < -0.3 is 15.5 Å². The normalized spacial score (nSPS) is 32.6. The van der Waals surface area contributed by atoms with Gasteiger partial charge in [0, 0.05) is 29.9 Å². The van der Waals surface area contributed by atoms with Crippen LogP contribution in [0.5, 0.6) is 0 Å². The number of hydrogen-bond acceptors (Lipinski definition) is 3. The Bertz CT molecular complexity index is 924. The highest BCUT2D eigenvalue weighted by Crippen LogP contribution is 2.33. The zero-order valence-corrected chi connectivity index (χ0v) is 19.5. The Balaban J connectivity index is 1.24. The van der Waals surface area contributed by atoms with E-state index in [4.69, 9.17) is 0 Å². The number of nitrogens with one attached hydrogen (secondary N) is 2. The highest BCUT2D eigenvalue weighted by molar-refractivity contribution is 6.01. The molecular formula is C27H36FN3O2. The summed E-state index contributed by atoms with van der Waals surface area (Å²) in [5.41, 5.74) is 3.78.